The van der Waals surface area contributed by atoms with Crippen LogP contribution >= 0.6 is 0 Å². The van der Waals surface area contributed by atoms with Gasteiger partial charge in [-0.05, 0) is 36.6 Å². The Balaban J connectivity index is 1.49. The number of aromatic nitrogens is 2. The lowest BCUT2D eigenvalue weighted by atomic mass is 10.1. The molecule has 1 fully saturated rings. The van der Waals surface area contributed by atoms with E-state index in [1.807, 2.05) is 0 Å². The molecule has 114 valence electrons. The van der Waals surface area contributed by atoms with Gasteiger partial charge in [0, 0.05) is 11.6 Å². The fourth-order valence-corrected chi connectivity index (χ4v) is 2.08. The van der Waals surface area contributed by atoms with Crippen molar-refractivity contribution in [3.05, 3.63) is 53.1 Å². The standard InChI is InChI=1S/C15H15FN4O2/c16-11-5-1-9(2-6-11)7-14(21)19-20-15(22)13-8-12(17-18-13)10-3-4-10/h1-2,5-6,8,10H,3-4,7H2,(H,17,18)(H,19,21)(H,20,22). The van der Waals surface area contributed by atoms with Crippen LogP contribution in [0.4, 0.5) is 4.39 Å². The van der Waals surface area contributed by atoms with E-state index in [-0.39, 0.29) is 17.9 Å². The van der Waals surface area contributed by atoms with E-state index >= 15 is 0 Å². The average Bonchev–Trinajstić information content (AvgIpc) is 3.24. The van der Waals surface area contributed by atoms with E-state index in [0.717, 1.165) is 18.5 Å². The third kappa shape index (κ3) is 3.49. The lowest BCUT2D eigenvalue weighted by Gasteiger charge is -2.05. The minimum absolute atomic E-state index is 0.0500. The molecule has 1 aromatic heterocycles. The van der Waals surface area contributed by atoms with Gasteiger partial charge in [-0.2, -0.15) is 5.10 Å². The molecule has 1 heterocycles. The Bertz CT molecular complexity index is 692. The van der Waals surface area contributed by atoms with E-state index < -0.39 is 11.8 Å². The van der Waals surface area contributed by atoms with Gasteiger partial charge in [0.25, 0.3) is 5.91 Å². The molecule has 3 N–H and O–H groups in total. The second-order valence-corrected chi connectivity index (χ2v) is 5.29. The molecular weight excluding hydrogens is 287 g/mol. The van der Waals surface area contributed by atoms with Crippen molar-refractivity contribution in [2.45, 2.75) is 25.2 Å². The van der Waals surface area contributed by atoms with E-state index in [9.17, 15) is 14.0 Å². The summed E-state index contributed by atoms with van der Waals surface area (Å²) in [6.07, 6.45) is 2.27. The summed E-state index contributed by atoms with van der Waals surface area (Å²) in [5.74, 6) is -0.752. The van der Waals surface area contributed by atoms with E-state index in [1.54, 1.807) is 6.07 Å². The molecule has 1 saturated carbocycles. The van der Waals surface area contributed by atoms with Crippen molar-refractivity contribution in [3.63, 3.8) is 0 Å². The van der Waals surface area contributed by atoms with Gasteiger partial charge in [-0.25, -0.2) is 4.39 Å². The molecule has 0 atom stereocenters. The first-order valence-corrected chi connectivity index (χ1v) is 7.01. The lowest BCUT2D eigenvalue weighted by Crippen LogP contribution is -2.42. The van der Waals surface area contributed by atoms with Crippen molar-refractivity contribution in [2.24, 2.45) is 0 Å². The van der Waals surface area contributed by atoms with Crippen LogP contribution < -0.4 is 10.9 Å². The first-order valence-electron chi connectivity index (χ1n) is 7.01. The highest BCUT2D eigenvalue weighted by atomic mass is 19.1. The van der Waals surface area contributed by atoms with E-state index in [0.29, 0.717) is 11.5 Å². The summed E-state index contributed by atoms with van der Waals surface area (Å²) in [5, 5.41) is 6.74. The molecule has 7 heteroatoms. The monoisotopic (exact) mass is 302 g/mol. The molecule has 0 aliphatic heterocycles. The van der Waals surface area contributed by atoms with Crippen molar-refractivity contribution < 1.29 is 14.0 Å². The summed E-state index contributed by atoms with van der Waals surface area (Å²) in [7, 11) is 0. The highest BCUT2D eigenvalue weighted by Gasteiger charge is 2.26. The summed E-state index contributed by atoms with van der Waals surface area (Å²) in [6, 6.07) is 7.30. The van der Waals surface area contributed by atoms with E-state index in [1.165, 1.54) is 24.3 Å². The fraction of sp³-hybridized carbons (Fsp3) is 0.267. The van der Waals surface area contributed by atoms with Gasteiger partial charge in [0.1, 0.15) is 5.82 Å². The van der Waals surface area contributed by atoms with Crippen molar-refractivity contribution in [3.8, 4) is 0 Å². The number of nitrogens with zero attached hydrogens (tertiary/aromatic N) is 1. The predicted octanol–water partition coefficient (Wildman–Crippen LogP) is 1.43. The van der Waals surface area contributed by atoms with Gasteiger partial charge in [0.2, 0.25) is 5.91 Å². The van der Waals surface area contributed by atoms with E-state index in [2.05, 4.69) is 21.0 Å². The predicted molar refractivity (Wildman–Crippen MR) is 76.3 cm³/mol. The summed E-state index contributed by atoms with van der Waals surface area (Å²) in [4.78, 5) is 23.6. The van der Waals surface area contributed by atoms with Crippen molar-refractivity contribution >= 4 is 11.8 Å². The Morgan fingerprint density at radius 2 is 1.95 bits per heavy atom. The Morgan fingerprint density at radius 1 is 1.23 bits per heavy atom. The fourth-order valence-electron chi connectivity index (χ4n) is 2.08. The quantitative estimate of drug-likeness (QED) is 0.747. The molecule has 2 amide bonds. The van der Waals surface area contributed by atoms with Crippen LogP contribution in [-0.2, 0) is 11.2 Å². The van der Waals surface area contributed by atoms with Gasteiger partial charge < -0.3 is 0 Å². The van der Waals surface area contributed by atoms with Gasteiger partial charge in [-0.1, -0.05) is 12.1 Å². The normalized spacial score (nSPS) is 13.7. The number of hydrogen-bond donors (Lipinski definition) is 3. The number of rotatable bonds is 4. The number of aromatic amines is 1. The van der Waals surface area contributed by atoms with Crippen LogP contribution in [0.15, 0.2) is 30.3 Å². The van der Waals surface area contributed by atoms with Crippen molar-refractivity contribution in [1.82, 2.24) is 21.0 Å². The molecule has 3 rings (SSSR count). The smallest absolute Gasteiger partial charge is 0.281 e. The number of hydrazine groups is 1. The topological polar surface area (TPSA) is 86.9 Å². The summed E-state index contributed by atoms with van der Waals surface area (Å²) in [5.41, 5.74) is 6.46. The summed E-state index contributed by atoms with van der Waals surface area (Å²) < 4.78 is 12.8. The first kappa shape index (κ1) is 14.2. The molecule has 1 aliphatic rings. The number of nitrogens with one attached hydrogen (secondary N) is 3. The van der Waals surface area contributed by atoms with Gasteiger partial charge in [0.05, 0.1) is 6.42 Å². The highest BCUT2D eigenvalue weighted by Crippen LogP contribution is 2.38. The molecule has 1 aromatic carbocycles. The van der Waals surface area contributed by atoms with Crippen LogP contribution in [0.2, 0.25) is 0 Å². The maximum absolute atomic E-state index is 12.8. The molecular formula is C15H15FN4O2. The van der Waals surface area contributed by atoms with Gasteiger partial charge in [-0.3, -0.25) is 25.5 Å². The summed E-state index contributed by atoms with van der Waals surface area (Å²) in [6.45, 7) is 0. The third-order valence-corrected chi connectivity index (χ3v) is 3.44. The van der Waals surface area contributed by atoms with Crippen LogP contribution in [0.3, 0.4) is 0 Å². The van der Waals surface area contributed by atoms with Crippen LogP contribution in [0.25, 0.3) is 0 Å². The Kier molecular flexibility index (Phi) is 3.86. The highest BCUT2D eigenvalue weighted by molar-refractivity contribution is 5.93. The minimum atomic E-state index is -0.476. The third-order valence-electron chi connectivity index (χ3n) is 3.44. The molecule has 0 saturated heterocycles. The zero-order chi connectivity index (χ0) is 15.5. The minimum Gasteiger partial charge on any atom is -0.281 e. The molecule has 1 aliphatic carbocycles. The number of carbonyl (C=O) groups is 2. The number of carbonyl (C=O) groups excluding carboxylic acids is 2. The van der Waals surface area contributed by atoms with Crippen LogP contribution in [0.5, 0.6) is 0 Å². The molecule has 6 nitrogen and oxygen atoms in total. The summed E-state index contributed by atoms with van der Waals surface area (Å²) >= 11 is 0. The molecule has 0 spiro atoms. The first-order chi connectivity index (χ1) is 10.6. The second-order valence-electron chi connectivity index (χ2n) is 5.29. The Hall–Kier alpha value is -2.70. The van der Waals surface area contributed by atoms with E-state index in [4.69, 9.17) is 0 Å². The SMILES string of the molecule is O=C(Cc1ccc(F)cc1)NNC(=O)c1cc(C2CC2)[nH]n1. The number of hydrogen-bond acceptors (Lipinski definition) is 3. The maximum Gasteiger partial charge on any atom is 0.290 e. The second kappa shape index (κ2) is 5.97. The van der Waals surface area contributed by atoms with Crippen molar-refractivity contribution in [1.29, 1.82) is 0 Å². The van der Waals surface area contributed by atoms with Gasteiger partial charge in [-0.15, -0.1) is 0 Å². The Labute approximate surface area is 126 Å². The molecule has 0 bridgehead atoms. The molecule has 0 radical (unpaired) electrons. The Morgan fingerprint density at radius 3 is 2.64 bits per heavy atom. The number of benzene rings is 1. The lowest BCUT2D eigenvalue weighted by molar-refractivity contribution is -0.121. The van der Waals surface area contributed by atoms with Crippen LogP contribution in [-0.4, -0.2) is 22.0 Å². The largest absolute Gasteiger partial charge is 0.290 e. The number of H-pyrrole nitrogens is 1. The van der Waals surface area contributed by atoms with Gasteiger partial charge in [0.15, 0.2) is 5.69 Å². The average molecular weight is 302 g/mol. The zero-order valence-electron chi connectivity index (χ0n) is 11.7. The molecule has 2 aromatic rings. The molecule has 22 heavy (non-hydrogen) atoms. The maximum atomic E-state index is 12.8. The molecule has 0 unspecified atom stereocenters. The van der Waals surface area contributed by atoms with Crippen LogP contribution in [0.1, 0.15) is 40.5 Å². The zero-order valence-corrected chi connectivity index (χ0v) is 11.7. The van der Waals surface area contributed by atoms with Gasteiger partial charge >= 0.3 is 0 Å². The van der Waals surface area contributed by atoms with Crippen molar-refractivity contribution in [2.75, 3.05) is 0 Å². The number of halogens is 1. The van der Waals surface area contributed by atoms with Crippen LogP contribution in [0, 0.1) is 5.82 Å². The number of amides is 2.